The molecule has 0 bridgehead atoms. The van der Waals surface area contributed by atoms with Gasteiger partial charge in [0.2, 0.25) is 0 Å². The van der Waals surface area contributed by atoms with Crippen LogP contribution in [0.3, 0.4) is 0 Å². The summed E-state index contributed by atoms with van der Waals surface area (Å²) < 4.78 is 5.65. The van der Waals surface area contributed by atoms with Crippen molar-refractivity contribution in [2.45, 2.75) is 32.7 Å². The fraction of sp³-hybridized carbons (Fsp3) is 0.647. The van der Waals surface area contributed by atoms with E-state index in [-0.39, 0.29) is 0 Å². The molecule has 20 heavy (non-hydrogen) atoms. The summed E-state index contributed by atoms with van der Waals surface area (Å²) in [6.45, 7) is 7.30. The zero-order chi connectivity index (χ0) is 14.2. The van der Waals surface area contributed by atoms with Gasteiger partial charge in [0.1, 0.15) is 5.75 Å². The van der Waals surface area contributed by atoms with Gasteiger partial charge >= 0.3 is 0 Å². The average Bonchev–Trinajstić information content (AvgIpc) is 2.47. The van der Waals surface area contributed by atoms with Gasteiger partial charge in [-0.3, -0.25) is 0 Å². The van der Waals surface area contributed by atoms with Gasteiger partial charge in [0.15, 0.2) is 0 Å². The summed E-state index contributed by atoms with van der Waals surface area (Å²) in [6, 6.07) is 8.31. The van der Waals surface area contributed by atoms with E-state index in [1.807, 2.05) is 13.0 Å². The van der Waals surface area contributed by atoms with Crippen molar-refractivity contribution in [3.8, 4) is 5.75 Å². The van der Waals surface area contributed by atoms with E-state index < -0.39 is 0 Å². The van der Waals surface area contributed by atoms with Crippen LogP contribution in [0.4, 0.5) is 0 Å². The molecule has 3 heteroatoms. The van der Waals surface area contributed by atoms with Crippen molar-refractivity contribution in [3.63, 3.8) is 0 Å². The Morgan fingerprint density at radius 1 is 1.25 bits per heavy atom. The highest BCUT2D eigenvalue weighted by atomic mass is 16.5. The Hall–Kier alpha value is -1.06. The second-order valence-electron chi connectivity index (χ2n) is 5.75. The van der Waals surface area contributed by atoms with Crippen molar-refractivity contribution in [2.75, 3.05) is 33.3 Å². The van der Waals surface area contributed by atoms with Crippen molar-refractivity contribution < 1.29 is 4.74 Å². The van der Waals surface area contributed by atoms with Gasteiger partial charge in [-0.2, -0.15) is 0 Å². The summed E-state index contributed by atoms with van der Waals surface area (Å²) in [7, 11) is 2.22. The van der Waals surface area contributed by atoms with E-state index in [9.17, 15) is 0 Å². The fourth-order valence-corrected chi connectivity index (χ4v) is 2.83. The third-order valence-electron chi connectivity index (χ3n) is 4.16. The van der Waals surface area contributed by atoms with E-state index in [0.29, 0.717) is 0 Å². The second-order valence-corrected chi connectivity index (χ2v) is 5.75. The van der Waals surface area contributed by atoms with Crippen LogP contribution in [0.1, 0.15) is 31.7 Å². The molecular formula is C17H28N2O. The summed E-state index contributed by atoms with van der Waals surface area (Å²) in [5, 5.41) is 3.57. The molecular weight excluding hydrogens is 248 g/mol. The number of hydrogen-bond donors (Lipinski definition) is 1. The first kappa shape index (κ1) is 15.3. The van der Waals surface area contributed by atoms with Crippen LogP contribution in [0.2, 0.25) is 0 Å². The minimum atomic E-state index is 0.729. The number of para-hydroxylation sites is 1. The molecule has 1 fully saturated rings. The number of benzene rings is 1. The van der Waals surface area contributed by atoms with Crippen LogP contribution in [0.25, 0.3) is 0 Å². The summed E-state index contributed by atoms with van der Waals surface area (Å²) in [5.74, 6) is 1.92. The van der Waals surface area contributed by atoms with Gasteiger partial charge in [-0.1, -0.05) is 18.2 Å². The molecule has 1 N–H and O–H groups in total. The number of piperidine rings is 1. The first-order valence-electron chi connectivity index (χ1n) is 7.89. The number of rotatable bonds is 7. The van der Waals surface area contributed by atoms with E-state index in [2.05, 4.69) is 35.5 Å². The minimum absolute atomic E-state index is 0.729. The molecule has 0 radical (unpaired) electrons. The molecule has 1 aromatic rings. The van der Waals surface area contributed by atoms with Crippen molar-refractivity contribution in [2.24, 2.45) is 5.92 Å². The number of ether oxygens (including phenoxy) is 1. The highest BCUT2D eigenvalue weighted by Gasteiger charge is 2.15. The number of likely N-dealkylation sites (tertiary alicyclic amines) is 1. The van der Waals surface area contributed by atoms with Crippen LogP contribution in [0, 0.1) is 5.92 Å². The van der Waals surface area contributed by atoms with E-state index in [0.717, 1.165) is 31.4 Å². The Morgan fingerprint density at radius 3 is 2.75 bits per heavy atom. The van der Waals surface area contributed by atoms with Gasteiger partial charge in [0.25, 0.3) is 0 Å². The average molecular weight is 276 g/mol. The maximum atomic E-state index is 5.65. The Balaban J connectivity index is 1.68. The van der Waals surface area contributed by atoms with Gasteiger partial charge < -0.3 is 15.0 Å². The lowest BCUT2D eigenvalue weighted by Gasteiger charge is -2.28. The van der Waals surface area contributed by atoms with Gasteiger partial charge in [-0.25, -0.2) is 0 Å². The Bertz CT molecular complexity index is 386. The SMILES string of the molecule is CCOc1ccccc1CNCCC1CCN(C)CC1. The minimum Gasteiger partial charge on any atom is -0.494 e. The van der Waals surface area contributed by atoms with Crippen molar-refractivity contribution in [1.82, 2.24) is 10.2 Å². The number of nitrogens with zero attached hydrogens (tertiary/aromatic N) is 1. The van der Waals surface area contributed by atoms with Crippen LogP contribution in [-0.2, 0) is 6.54 Å². The molecule has 0 unspecified atom stereocenters. The van der Waals surface area contributed by atoms with Gasteiger partial charge in [0.05, 0.1) is 6.61 Å². The topological polar surface area (TPSA) is 24.5 Å². The van der Waals surface area contributed by atoms with Crippen LogP contribution in [0.5, 0.6) is 5.75 Å². The monoisotopic (exact) mass is 276 g/mol. The smallest absolute Gasteiger partial charge is 0.123 e. The first-order chi connectivity index (χ1) is 9.79. The van der Waals surface area contributed by atoms with Crippen molar-refractivity contribution in [3.05, 3.63) is 29.8 Å². The Morgan fingerprint density at radius 2 is 2.00 bits per heavy atom. The third-order valence-corrected chi connectivity index (χ3v) is 4.16. The molecule has 0 atom stereocenters. The lowest BCUT2D eigenvalue weighted by molar-refractivity contribution is 0.211. The highest BCUT2D eigenvalue weighted by Crippen LogP contribution is 2.20. The lowest BCUT2D eigenvalue weighted by Crippen LogP contribution is -2.31. The van der Waals surface area contributed by atoms with Gasteiger partial charge in [0, 0.05) is 12.1 Å². The van der Waals surface area contributed by atoms with Gasteiger partial charge in [-0.15, -0.1) is 0 Å². The molecule has 0 aromatic heterocycles. The molecule has 1 aliphatic heterocycles. The molecule has 1 aliphatic rings. The predicted molar refractivity (Wildman–Crippen MR) is 84.2 cm³/mol. The maximum Gasteiger partial charge on any atom is 0.123 e. The molecule has 0 aliphatic carbocycles. The normalized spacial score (nSPS) is 17.3. The summed E-state index contributed by atoms with van der Waals surface area (Å²) >= 11 is 0. The second kappa shape index (κ2) is 8.28. The molecule has 0 amide bonds. The predicted octanol–water partition coefficient (Wildman–Crippen LogP) is 2.91. The quantitative estimate of drug-likeness (QED) is 0.775. The van der Waals surface area contributed by atoms with Crippen LogP contribution < -0.4 is 10.1 Å². The van der Waals surface area contributed by atoms with Crippen molar-refractivity contribution >= 4 is 0 Å². The maximum absolute atomic E-state index is 5.65. The van der Waals surface area contributed by atoms with Crippen LogP contribution >= 0.6 is 0 Å². The number of nitrogens with one attached hydrogen (secondary N) is 1. The molecule has 2 rings (SSSR count). The zero-order valence-electron chi connectivity index (χ0n) is 12.9. The molecule has 112 valence electrons. The van der Waals surface area contributed by atoms with Crippen molar-refractivity contribution in [1.29, 1.82) is 0 Å². The zero-order valence-corrected chi connectivity index (χ0v) is 12.9. The third kappa shape index (κ3) is 4.80. The van der Waals surface area contributed by atoms with E-state index in [1.54, 1.807) is 0 Å². The van der Waals surface area contributed by atoms with Gasteiger partial charge in [-0.05, 0) is 64.9 Å². The lowest BCUT2D eigenvalue weighted by atomic mass is 9.94. The first-order valence-corrected chi connectivity index (χ1v) is 7.89. The Kier molecular flexibility index (Phi) is 6.34. The fourth-order valence-electron chi connectivity index (χ4n) is 2.83. The highest BCUT2D eigenvalue weighted by molar-refractivity contribution is 5.33. The molecule has 1 saturated heterocycles. The molecule has 0 saturated carbocycles. The molecule has 1 aromatic carbocycles. The summed E-state index contributed by atoms with van der Waals surface area (Å²) in [5.41, 5.74) is 1.26. The molecule has 3 nitrogen and oxygen atoms in total. The Labute approximate surface area is 123 Å². The van der Waals surface area contributed by atoms with E-state index in [4.69, 9.17) is 4.74 Å². The molecule has 1 heterocycles. The standard InChI is InChI=1S/C17H28N2O/c1-3-20-17-7-5-4-6-16(17)14-18-11-8-15-9-12-19(2)13-10-15/h4-7,15,18H,3,8-14H2,1-2H3. The summed E-state index contributed by atoms with van der Waals surface area (Å²) in [6.07, 6.45) is 4.01. The molecule has 0 spiro atoms. The summed E-state index contributed by atoms with van der Waals surface area (Å²) in [4.78, 5) is 2.43. The van der Waals surface area contributed by atoms with E-state index >= 15 is 0 Å². The number of hydrogen-bond acceptors (Lipinski definition) is 3. The largest absolute Gasteiger partial charge is 0.494 e. The van der Waals surface area contributed by atoms with Crippen LogP contribution in [0.15, 0.2) is 24.3 Å². The van der Waals surface area contributed by atoms with E-state index in [1.165, 1.54) is 37.9 Å². The van der Waals surface area contributed by atoms with Crippen LogP contribution in [-0.4, -0.2) is 38.2 Å².